The lowest BCUT2D eigenvalue weighted by molar-refractivity contribution is -0.0101. The van der Waals surface area contributed by atoms with Crippen molar-refractivity contribution < 1.29 is 22.7 Å². The summed E-state index contributed by atoms with van der Waals surface area (Å²) in [5, 5.41) is 5.14. The minimum absolute atomic E-state index is 0.0193. The molecule has 11 nitrogen and oxygen atoms in total. The Morgan fingerprint density at radius 1 is 0.932 bits per heavy atom. The summed E-state index contributed by atoms with van der Waals surface area (Å²) >= 11 is 6.23. The van der Waals surface area contributed by atoms with Gasteiger partial charge in [-0.05, 0) is 137 Å². The molecule has 3 aliphatic heterocycles. The van der Waals surface area contributed by atoms with Gasteiger partial charge < -0.3 is 29.6 Å². The van der Waals surface area contributed by atoms with Gasteiger partial charge in [0.25, 0.3) is 15.9 Å². The lowest BCUT2D eigenvalue weighted by Gasteiger charge is -2.39. The van der Waals surface area contributed by atoms with Gasteiger partial charge in [0, 0.05) is 84.7 Å². The fraction of sp³-hybridized carbons (Fsp3) is 0.370. The third-order valence-corrected chi connectivity index (χ3v) is 13.4. The smallest absolute Gasteiger partial charge is 0.268 e. The average molecular weight is 837 g/mol. The number of halogens is 1. The Hall–Kier alpha value is -4.85. The van der Waals surface area contributed by atoms with Crippen molar-refractivity contribution in [2.75, 3.05) is 69.7 Å². The van der Waals surface area contributed by atoms with Gasteiger partial charge in [-0.15, -0.1) is 0 Å². The molecular weight excluding hydrogens is 784 g/mol. The number of rotatable bonds is 11. The van der Waals surface area contributed by atoms with Gasteiger partial charge in [0.05, 0.1) is 22.7 Å². The SMILES string of the molecule is Cc1cc(S(=O)(=O)NC(=O)c2ccc(N3CCN(CC4=C(c5ccc(Cl)cc5)CC(C)(C)OC4)CC3)cc2Oc2cccc3[nH]ccc23)ccc1NC1CCN(C)CC1. The lowest BCUT2D eigenvalue weighted by atomic mass is 9.87. The number of ether oxygens (including phenoxy) is 2. The van der Waals surface area contributed by atoms with Crippen molar-refractivity contribution in [1.82, 2.24) is 19.5 Å². The number of nitrogens with one attached hydrogen (secondary N) is 3. The summed E-state index contributed by atoms with van der Waals surface area (Å²) in [6.45, 7) is 12.7. The van der Waals surface area contributed by atoms with Crippen LogP contribution in [0.2, 0.25) is 5.02 Å². The molecule has 0 unspecified atom stereocenters. The summed E-state index contributed by atoms with van der Waals surface area (Å²) < 4.78 is 42.6. The van der Waals surface area contributed by atoms with Crippen LogP contribution in [0.3, 0.4) is 0 Å². The Bertz CT molecular complexity index is 2470. The van der Waals surface area contributed by atoms with E-state index in [0.29, 0.717) is 18.4 Å². The first-order valence-electron chi connectivity index (χ1n) is 20.4. The third kappa shape index (κ3) is 9.47. The number of fused-ring (bicyclic) bond motifs is 1. The molecule has 13 heteroatoms. The molecule has 5 aromatic rings. The summed E-state index contributed by atoms with van der Waals surface area (Å²) in [7, 11) is -2.09. The van der Waals surface area contributed by atoms with Gasteiger partial charge in [-0.3, -0.25) is 9.69 Å². The van der Waals surface area contributed by atoms with Crippen LogP contribution in [0.5, 0.6) is 11.5 Å². The second-order valence-corrected chi connectivity index (χ2v) is 18.8. The number of hydrogen-bond acceptors (Lipinski definition) is 9. The zero-order valence-electron chi connectivity index (χ0n) is 34.2. The molecule has 3 N–H and O–H groups in total. The minimum atomic E-state index is -4.21. The van der Waals surface area contributed by atoms with Gasteiger partial charge in [0.15, 0.2) is 0 Å². The number of benzene rings is 4. The first-order chi connectivity index (χ1) is 28.3. The molecule has 0 aliphatic carbocycles. The van der Waals surface area contributed by atoms with E-state index in [1.54, 1.807) is 24.3 Å². The summed E-state index contributed by atoms with van der Waals surface area (Å²) in [6, 6.07) is 26.3. The van der Waals surface area contributed by atoms with Crippen LogP contribution < -0.4 is 19.7 Å². The van der Waals surface area contributed by atoms with E-state index in [2.05, 4.69) is 62.8 Å². The van der Waals surface area contributed by atoms with Crippen LogP contribution in [0.4, 0.5) is 11.4 Å². The highest BCUT2D eigenvalue weighted by atomic mass is 35.5. The number of aromatic amines is 1. The molecule has 0 bridgehead atoms. The number of sulfonamides is 1. The number of carbonyl (C=O) groups is 1. The molecule has 4 aromatic carbocycles. The monoisotopic (exact) mass is 836 g/mol. The van der Waals surface area contributed by atoms with Gasteiger partial charge in [-0.1, -0.05) is 29.8 Å². The van der Waals surface area contributed by atoms with E-state index >= 15 is 0 Å². The van der Waals surface area contributed by atoms with E-state index < -0.39 is 15.9 Å². The van der Waals surface area contributed by atoms with E-state index in [9.17, 15) is 13.2 Å². The second kappa shape index (κ2) is 17.0. The molecule has 310 valence electrons. The number of aromatic nitrogens is 1. The van der Waals surface area contributed by atoms with Crippen molar-refractivity contribution in [1.29, 1.82) is 0 Å². The molecular formula is C46H53ClN6O5S. The maximum atomic E-state index is 14.0. The maximum Gasteiger partial charge on any atom is 0.268 e. The number of piperidine rings is 1. The van der Waals surface area contributed by atoms with Crippen molar-refractivity contribution in [2.24, 2.45) is 0 Å². The Kier molecular flexibility index (Phi) is 11.8. The fourth-order valence-electron chi connectivity index (χ4n) is 8.32. The third-order valence-electron chi connectivity index (χ3n) is 11.8. The Labute approximate surface area is 352 Å². The van der Waals surface area contributed by atoms with Crippen molar-refractivity contribution in [3.05, 3.63) is 118 Å². The second-order valence-electron chi connectivity index (χ2n) is 16.7. The van der Waals surface area contributed by atoms with Crippen molar-refractivity contribution in [3.8, 4) is 11.5 Å². The summed E-state index contributed by atoms with van der Waals surface area (Å²) in [6.07, 6.45) is 4.69. The van der Waals surface area contributed by atoms with Crippen molar-refractivity contribution in [3.63, 3.8) is 0 Å². The van der Waals surface area contributed by atoms with Crippen LogP contribution in [-0.4, -0.2) is 100 Å². The molecule has 0 radical (unpaired) electrons. The van der Waals surface area contributed by atoms with Crippen LogP contribution in [0.15, 0.2) is 102 Å². The summed E-state index contributed by atoms with van der Waals surface area (Å²) in [5.74, 6) is 0.0416. The molecule has 2 saturated heterocycles. The largest absolute Gasteiger partial charge is 0.456 e. The zero-order valence-corrected chi connectivity index (χ0v) is 35.8. The molecule has 2 fully saturated rings. The van der Waals surface area contributed by atoms with Crippen LogP contribution in [0.25, 0.3) is 16.5 Å². The molecule has 3 aliphatic rings. The highest BCUT2D eigenvalue weighted by Crippen LogP contribution is 2.37. The van der Waals surface area contributed by atoms with Gasteiger partial charge in [-0.2, -0.15) is 0 Å². The zero-order chi connectivity index (χ0) is 41.3. The van der Waals surface area contributed by atoms with Gasteiger partial charge >= 0.3 is 0 Å². The normalized spacial score (nSPS) is 18.3. The topological polar surface area (TPSA) is 119 Å². The molecule has 0 spiro atoms. The quantitative estimate of drug-likeness (QED) is 0.121. The molecule has 1 aromatic heterocycles. The summed E-state index contributed by atoms with van der Waals surface area (Å²) in [4.78, 5) is 24.2. The predicted molar refractivity (Wildman–Crippen MR) is 236 cm³/mol. The number of hydrogen-bond donors (Lipinski definition) is 3. The summed E-state index contributed by atoms with van der Waals surface area (Å²) in [5.41, 5.74) is 7.11. The first kappa shape index (κ1) is 40.9. The fourth-order valence-corrected chi connectivity index (χ4v) is 9.50. The molecule has 0 atom stereocenters. The minimum Gasteiger partial charge on any atom is -0.456 e. The Morgan fingerprint density at radius 2 is 1.69 bits per heavy atom. The van der Waals surface area contributed by atoms with Gasteiger partial charge in [-0.25, -0.2) is 13.1 Å². The number of nitrogens with zero attached hydrogens (tertiary/aromatic N) is 3. The van der Waals surface area contributed by atoms with E-state index in [1.807, 2.05) is 61.7 Å². The Morgan fingerprint density at radius 3 is 2.44 bits per heavy atom. The van der Waals surface area contributed by atoms with E-state index in [1.165, 1.54) is 16.7 Å². The molecule has 1 amide bonds. The Balaban J connectivity index is 1.000. The van der Waals surface area contributed by atoms with Crippen LogP contribution in [0, 0.1) is 6.92 Å². The molecule has 4 heterocycles. The van der Waals surface area contributed by atoms with Gasteiger partial charge in [0.2, 0.25) is 0 Å². The maximum absolute atomic E-state index is 14.0. The first-order valence-corrected chi connectivity index (χ1v) is 22.3. The number of anilines is 2. The van der Waals surface area contributed by atoms with E-state index in [0.717, 1.165) is 97.9 Å². The van der Waals surface area contributed by atoms with Crippen molar-refractivity contribution >= 4 is 55.4 Å². The van der Waals surface area contributed by atoms with Crippen LogP contribution in [0.1, 0.15) is 54.6 Å². The number of aryl methyl sites for hydroxylation is 1. The highest BCUT2D eigenvalue weighted by Gasteiger charge is 2.31. The van der Waals surface area contributed by atoms with Crippen LogP contribution >= 0.6 is 11.6 Å². The van der Waals surface area contributed by atoms with E-state index in [-0.39, 0.29) is 21.8 Å². The lowest BCUT2D eigenvalue weighted by Crippen LogP contribution is -2.47. The number of carbonyl (C=O) groups excluding carboxylic acids is 1. The number of piperazine rings is 1. The predicted octanol–water partition coefficient (Wildman–Crippen LogP) is 8.32. The van der Waals surface area contributed by atoms with Gasteiger partial charge in [0.1, 0.15) is 11.5 Å². The van der Waals surface area contributed by atoms with Crippen molar-refractivity contribution in [2.45, 2.75) is 56.6 Å². The molecule has 0 saturated carbocycles. The average Bonchev–Trinajstić information content (AvgIpc) is 3.71. The number of likely N-dealkylation sites (tertiary alicyclic amines) is 1. The molecule has 8 rings (SSSR count). The number of amides is 1. The standard InChI is InChI=1S/C46H53ClN6O5S/c1-31-26-37(13-15-41(31)49-35-17-20-51(4)21-18-35)59(55,56)50-45(54)39-14-12-36(27-44(39)58-43-7-5-6-42-38(43)16-19-48-42)53-24-22-52(23-25-53)29-33-30-57-46(2,3)28-40(33)32-8-10-34(47)11-9-32/h5-16,19,26-27,35,48-49H,17-18,20-25,28-30H2,1-4H3,(H,50,54). The molecule has 59 heavy (non-hydrogen) atoms. The number of H-pyrrole nitrogens is 1. The highest BCUT2D eigenvalue weighted by molar-refractivity contribution is 7.90. The van der Waals surface area contributed by atoms with Crippen LogP contribution in [-0.2, 0) is 14.8 Å². The van der Waals surface area contributed by atoms with E-state index in [4.69, 9.17) is 21.1 Å².